The van der Waals surface area contributed by atoms with Crippen LogP contribution in [0.4, 0.5) is 0 Å². The van der Waals surface area contributed by atoms with Gasteiger partial charge in [-0.25, -0.2) is 0 Å². The van der Waals surface area contributed by atoms with Crippen molar-refractivity contribution in [1.82, 2.24) is 25.5 Å². The van der Waals surface area contributed by atoms with Gasteiger partial charge in [-0.1, -0.05) is 0 Å². The Bertz CT molecular complexity index is 530. The molecule has 1 aromatic carbocycles. The number of nitrogens with zero attached hydrogens (tertiary/aromatic N) is 4. The highest BCUT2D eigenvalue weighted by Gasteiger charge is 2.19. The molecule has 1 fully saturated rings. The topological polar surface area (TPSA) is 64.9 Å². The molecule has 3 rings (SSSR count). The summed E-state index contributed by atoms with van der Waals surface area (Å²) in [6.45, 7) is 2.14. The van der Waals surface area contributed by atoms with Crippen LogP contribution in [0, 0.1) is 5.92 Å². The second-order valence-electron chi connectivity index (χ2n) is 4.77. The maximum Gasteiger partial charge on any atom is 0.157 e. The highest BCUT2D eigenvalue weighted by molar-refractivity contribution is 5.37. The Hall–Kier alpha value is -1.95. The van der Waals surface area contributed by atoms with Gasteiger partial charge in [0, 0.05) is 6.42 Å². The summed E-state index contributed by atoms with van der Waals surface area (Å²) in [5.41, 5.74) is 0.965. The number of hydrogen-bond acceptors (Lipinski definition) is 5. The molecule has 0 radical (unpaired) electrons. The maximum absolute atomic E-state index is 5.16. The Morgan fingerprint density at radius 3 is 2.89 bits per heavy atom. The predicted octanol–water partition coefficient (Wildman–Crippen LogP) is 0.823. The monoisotopic (exact) mass is 259 g/mol. The minimum absolute atomic E-state index is 0.628. The number of tetrazole rings is 1. The molecule has 6 heteroatoms. The number of benzene rings is 1. The predicted molar refractivity (Wildman–Crippen MR) is 70.4 cm³/mol. The van der Waals surface area contributed by atoms with E-state index in [1.165, 1.54) is 6.42 Å². The van der Waals surface area contributed by atoms with Gasteiger partial charge < -0.3 is 10.1 Å². The van der Waals surface area contributed by atoms with E-state index in [1.54, 1.807) is 11.8 Å². The maximum atomic E-state index is 5.16. The van der Waals surface area contributed by atoms with Gasteiger partial charge in [0.2, 0.25) is 0 Å². The van der Waals surface area contributed by atoms with E-state index in [4.69, 9.17) is 4.74 Å². The van der Waals surface area contributed by atoms with Crippen molar-refractivity contribution in [2.75, 3.05) is 20.2 Å². The van der Waals surface area contributed by atoms with Crippen LogP contribution < -0.4 is 10.1 Å². The zero-order valence-corrected chi connectivity index (χ0v) is 10.9. The Morgan fingerprint density at radius 1 is 1.37 bits per heavy atom. The van der Waals surface area contributed by atoms with E-state index < -0.39 is 0 Å². The number of ether oxygens (including phenoxy) is 1. The molecule has 0 spiro atoms. The average Bonchev–Trinajstić information content (AvgIpc) is 3.11. The molecular weight excluding hydrogens is 242 g/mol. The van der Waals surface area contributed by atoms with E-state index >= 15 is 0 Å². The van der Waals surface area contributed by atoms with Crippen molar-refractivity contribution in [3.05, 3.63) is 30.1 Å². The Morgan fingerprint density at radius 2 is 2.21 bits per heavy atom. The van der Waals surface area contributed by atoms with E-state index in [-0.39, 0.29) is 0 Å². The molecule has 100 valence electrons. The number of aromatic nitrogens is 4. The van der Waals surface area contributed by atoms with Crippen molar-refractivity contribution < 1.29 is 4.74 Å². The van der Waals surface area contributed by atoms with Crippen LogP contribution in [0.3, 0.4) is 0 Å². The number of hydrogen-bond donors (Lipinski definition) is 1. The summed E-state index contributed by atoms with van der Waals surface area (Å²) in [4.78, 5) is 0. The fourth-order valence-electron chi connectivity index (χ4n) is 2.40. The van der Waals surface area contributed by atoms with E-state index in [0.29, 0.717) is 5.92 Å². The first-order chi connectivity index (χ1) is 9.36. The molecule has 1 atom stereocenters. The summed E-state index contributed by atoms with van der Waals surface area (Å²) in [5, 5.41) is 15.4. The summed E-state index contributed by atoms with van der Waals surface area (Å²) in [6.07, 6.45) is 2.10. The molecule has 0 bridgehead atoms. The first-order valence-corrected chi connectivity index (χ1v) is 6.49. The van der Waals surface area contributed by atoms with Crippen LogP contribution in [0.25, 0.3) is 5.69 Å². The summed E-state index contributed by atoms with van der Waals surface area (Å²) < 4.78 is 6.96. The highest BCUT2D eigenvalue weighted by atomic mass is 16.5. The van der Waals surface area contributed by atoms with Gasteiger partial charge in [-0.2, -0.15) is 4.68 Å². The average molecular weight is 259 g/mol. The second-order valence-corrected chi connectivity index (χ2v) is 4.77. The van der Waals surface area contributed by atoms with Gasteiger partial charge in [0.25, 0.3) is 0 Å². The van der Waals surface area contributed by atoms with E-state index in [0.717, 1.165) is 36.8 Å². The standard InChI is InChI=1S/C13H17N5O/c1-19-12-4-2-11(3-5-12)18-13(15-16-17-18)8-10-6-7-14-9-10/h2-5,10,14H,6-9H2,1H3. The molecule has 1 unspecified atom stereocenters. The van der Waals surface area contributed by atoms with Crippen LogP contribution in [-0.2, 0) is 6.42 Å². The van der Waals surface area contributed by atoms with Crippen molar-refractivity contribution in [3.8, 4) is 11.4 Å². The Balaban J connectivity index is 1.81. The molecular formula is C13H17N5O. The SMILES string of the molecule is COc1ccc(-n2nnnc2CC2CCNC2)cc1. The molecule has 19 heavy (non-hydrogen) atoms. The van der Waals surface area contributed by atoms with Gasteiger partial charge in [0.1, 0.15) is 5.75 Å². The van der Waals surface area contributed by atoms with Gasteiger partial charge in [-0.05, 0) is 60.1 Å². The lowest BCUT2D eigenvalue weighted by molar-refractivity contribution is 0.414. The third kappa shape index (κ3) is 2.58. The van der Waals surface area contributed by atoms with Crippen LogP contribution in [0.1, 0.15) is 12.2 Å². The Kier molecular flexibility index (Phi) is 3.41. The van der Waals surface area contributed by atoms with Gasteiger partial charge in [0.05, 0.1) is 12.8 Å². The van der Waals surface area contributed by atoms with E-state index in [1.807, 2.05) is 24.3 Å². The summed E-state index contributed by atoms with van der Waals surface area (Å²) >= 11 is 0. The number of rotatable bonds is 4. The summed E-state index contributed by atoms with van der Waals surface area (Å²) in [6, 6.07) is 7.76. The van der Waals surface area contributed by atoms with Crippen LogP contribution in [0.2, 0.25) is 0 Å². The quantitative estimate of drug-likeness (QED) is 0.880. The molecule has 0 amide bonds. The van der Waals surface area contributed by atoms with Crippen LogP contribution >= 0.6 is 0 Å². The largest absolute Gasteiger partial charge is 0.497 e. The zero-order valence-electron chi connectivity index (χ0n) is 10.9. The van der Waals surface area contributed by atoms with Crippen molar-refractivity contribution in [2.24, 2.45) is 5.92 Å². The van der Waals surface area contributed by atoms with Crippen LogP contribution in [0.5, 0.6) is 5.75 Å². The van der Waals surface area contributed by atoms with Gasteiger partial charge in [0.15, 0.2) is 5.82 Å². The summed E-state index contributed by atoms with van der Waals surface area (Å²) in [7, 11) is 1.66. The first-order valence-electron chi connectivity index (χ1n) is 6.49. The van der Waals surface area contributed by atoms with Gasteiger partial charge >= 0.3 is 0 Å². The lowest BCUT2D eigenvalue weighted by Gasteiger charge is -2.09. The third-order valence-electron chi connectivity index (χ3n) is 3.48. The molecule has 2 aromatic rings. The molecule has 0 saturated carbocycles. The molecule has 1 aliphatic heterocycles. The molecule has 1 aromatic heterocycles. The number of nitrogens with one attached hydrogen (secondary N) is 1. The normalized spacial score (nSPS) is 18.7. The lowest BCUT2D eigenvalue weighted by Crippen LogP contribution is -2.13. The lowest BCUT2D eigenvalue weighted by atomic mass is 10.0. The van der Waals surface area contributed by atoms with Crippen molar-refractivity contribution in [1.29, 1.82) is 0 Å². The second kappa shape index (κ2) is 5.36. The van der Waals surface area contributed by atoms with Crippen molar-refractivity contribution in [3.63, 3.8) is 0 Å². The van der Waals surface area contributed by atoms with Crippen molar-refractivity contribution >= 4 is 0 Å². The smallest absolute Gasteiger partial charge is 0.157 e. The third-order valence-corrected chi connectivity index (χ3v) is 3.48. The molecule has 1 saturated heterocycles. The fraction of sp³-hybridized carbons (Fsp3) is 0.462. The van der Waals surface area contributed by atoms with Crippen LogP contribution in [0.15, 0.2) is 24.3 Å². The molecule has 0 aliphatic carbocycles. The van der Waals surface area contributed by atoms with Gasteiger partial charge in [-0.15, -0.1) is 5.10 Å². The van der Waals surface area contributed by atoms with Gasteiger partial charge in [-0.3, -0.25) is 0 Å². The Labute approximate surface area is 111 Å². The molecule has 1 aliphatic rings. The van der Waals surface area contributed by atoms with E-state index in [9.17, 15) is 0 Å². The minimum Gasteiger partial charge on any atom is -0.497 e. The van der Waals surface area contributed by atoms with Crippen molar-refractivity contribution in [2.45, 2.75) is 12.8 Å². The summed E-state index contributed by atoms with van der Waals surface area (Å²) in [5.74, 6) is 2.38. The fourth-order valence-corrected chi connectivity index (χ4v) is 2.40. The molecule has 1 N–H and O–H groups in total. The first kappa shape index (κ1) is 12.1. The number of methoxy groups -OCH3 is 1. The zero-order chi connectivity index (χ0) is 13.1. The highest BCUT2D eigenvalue weighted by Crippen LogP contribution is 2.18. The van der Waals surface area contributed by atoms with Crippen LogP contribution in [-0.4, -0.2) is 40.4 Å². The molecule has 2 heterocycles. The minimum atomic E-state index is 0.628. The molecule has 6 nitrogen and oxygen atoms in total. The van der Waals surface area contributed by atoms with E-state index in [2.05, 4.69) is 20.8 Å².